The minimum atomic E-state index is -0.962. The summed E-state index contributed by atoms with van der Waals surface area (Å²) in [6.45, 7) is 0.453. The third-order valence-corrected chi connectivity index (χ3v) is 3.49. The number of cyclic esters (lactones) is 1. The molecule has 2 rings (SSSR count). The van der Waals surface area contributed by atoms with Crippen molar-refractivity contribution in [2.45, 2.75) is 16.6 Å². The van der Waals surface area contributed by atoms with Crippen LogP contribution in [-0.2, 0) is 9.53 Å². The molecule has 1 aromatic carbocycles. The summed E-state index contributed by atoms with van der Waals surface area (Å²) < 4.78 is 4.84. The first-order valence-corrected chi connectivity index (χ1v) is 5.71. The third-order valence-electron chi connectivity index (χ3n) is 2.25. The summed E-state index contributed by atoms with van der Waals surface area (Å²) in [4.78, 5) is 22.8. The molecule has 0 amide bonds. The molecule has 1 saturated heterocycles. The molecule has 0 bridgehead atoms. The van der Waals surface area contributed by atoms with Crippen LogP contribution in [0.15, 0.2) is 29.2 Å². The number of aromatic carboxylic acids is 1. The van der Waals surface area contributed by atoms with Gasteiger partial charge in [-0.15, -0.1) is 11.8 Å². The van der Waals surface area contributed by atoms with Gasteiger partial charge >= 0.3 is 11.9 Å². The zero-order valence-electron chi connectivity index (χ0n) is 8.38. The van der Waals surface area contributed by atoms with Crippen molar-refractivity contribution >= 4 is 23.7 Å². The van der Waals surface area contributed by atoms with Gasteiger partial charge in [-0.2, -0.15) is 0 Å². The van der Waals surface area contributed by atoms with Crippen molar-refractivity contribution in [2.24, 2.45) is 0 Å². The zero-order valence-corrected chi connectivity index (χ0v) is 9.20. The number of carboxylic acids is 1. The molecule has 84 valence electrons. The summed E-state index contributed by atoms with van der Waals surface area (Å²) in [6, 6.07) is 6.56. The highest BCUT2D eigenvalue weighted by atomic mass is 32.2. The molecule has 1 heterocycles. The molecule has 1 unspecified atom stereocenters. The van der Waals surface area contributed by atoms with Crippen LogP contribution in [0.25, 0.3) is 0 Å². The Morgan fingerprint density at radius 3 is 2.94 bits per heavy atom. The predicted molar refractivity (Wildman–Crippen MR) is 58.6 cm³/mol. The smallest absolute Gasteiger partial charge is 0.335 e. The second kappa shape index (κ2) is 4.57. The molecule has 0 spiro atoms. The maximum atomic E-state index is 11.2. The molecule has 1 fully saturated rings. The third kappa shape index (κ3) is 2.36. The molecule has 1 aliphatic heterocycles. The number of hydrogen-bond acceptors (Lipinski definition) is 4. The second-order valence-electron chi connectivity index (χ2n) is 3.40. The topological polar surface area (TPSA) is 63.6 Å². The number of esters is 1. The van der Waals surface area contributed by atoms with E-state index in [1.165, 1.54) is 17.8 Å². The Morgan fingerprint density at radius 1 is 1.50 bits per heavy atom. The van der Waals surface area contributed by atoms with Crippen molar-refractivity contribution in [1.82, 2.24) is 0 Å². The van der Waals surface area contributed by atoms with Gasteiger partial charge in [-0.25, -0.2) is 4.79 Å². The van der Waals surface area contributed by atoms with Crippen molar-refractivity contribution < 1.29 is 19.4 Å². The van der Waals surface area contributed by atoms with E-state index in [0.29, 0.717) is 13.0 Å². The molecular weight excluding hydrogens is 228 g/mol. The minimum Gasteiger partial charge on any atom is -0.478 e. The number of carbonyl (C=O) groups is 2. The Balaban J connectivity index is 2.12. The number of hydrogen-bond donors (Lipinski definition) is 1. The first kappa shape index (κ1) is 11.0. The van der Waals surface area contributed by atoms with Gasteiger partial charge in [0.05, 0.1) is 12.2 Å². The van der Waals surface area contributed by atoms with E-state index in [1.807, 2.05) is 0 Å². The molecule has 1 N–H and O–H groups in total. The van der Waals surface area contributed by atoms with Gasteiger partial charge in [0, 0.05) is 11.3 Å². The normalized spacial score (nSPS) is 19.5. The lowest BCUT2D eigenvalue weighted by molar-refractivity contribution is -0.137. The van der Waals surface area contributed by atoms with Gasteiger partial charge < -0.3 is 9.84 Å². The van der Waals surface area contributed by atoms with E-state index in [9.17, 15) is 9.59 Å². The van der Waals surface area contributed by atoms with Gasteiger partial charge in [-0.3, -0.25) is 4.79 Å². The highest BCUT2D eigenvalue weighted by molar-refractivity contribution is 8.00. The van der Waals surface area contributed by atoms with E-state index in [4.69, 9.17) is 9.84 Å². The molecule has 1 aliphatic rings. The summed E-state index contributed by atoms with van der Waals surface area (Å²) in [5, 5.41) is 8.62. The number of carboxylic acid groups (broad SMARTS) is 1. The first-order valence-electron chi connectivity index (χ1n) is 4.83. The predicted octanol–water partition coefficient (Wildman–Crippen LogP) is 1.79. The van der Waals surface area contributed by atoms with Crippen molar-refractivity contribution in [3.8, 4) is 0 Å². The van der Waals surface area contributed by atoms with E-state index in [0.717, 1.165) is 4.90 Å². The summed E-state index contributed by atoms with van der Waals surface area (Å²) in [6.07, 6.45) is 0.681. The maximum Gasteiger partial charge on any atom is 0.335 e. The van der Waals surface area contributed by atoms with Gasteiger partial charge in [0.2, 0.25) is 0 Å². The number of rotatable bonds is 3. The summed E-state index contributed by atoms with van der Waals surface area (Å²) in [5.41, 5.74) is 0.233. The lowest BCUT2D eigenvalue weighted by atomic mass is 10.2. The van der Waals surface area contributed by atoms with Crippen LogP contribution in [0.3, 0.4) is 0 Å². The van der Waals surface area contributed by atoms with E-state index < -0.39 is 5.97 Å². The summed E-state index contributed by atoms with van der Waals surface area (Å²) in [7, 11) is 0. The quantitative estimate of drug-likeness (QED) is 0.813. The van der Waals surface area contributed by atoms with Crippen LogP contribution in [0.4, 0.5) is 0 Å². The summed E-state index contributed by atoms with van der Waals surface area (Å²) >= 11 is 1.35. The first-order chi connectivity index (χ1) is 7.66. The Hall–Kier alpha value is -1.49. The summed E-state index contributed by atoms with van der Waals surface area (Å²) in [5.74, 6) is -1.18. The highest BCUT2D eigenvalue weighted by Crippen LogP contribution is 2.29. The Morgan fingerprint density at radius 2 is 2.31 bits per heavy atom. The van der Waals surface area contributed by atoms with Crippen molar-refractivity contribution in [3.63, 3.8) is 0 Å². The molecule has 0 radical (unpaired) electrons. The Labute approximate surface area is 96.6 Å². The van der Waals surface area contributed by atoms with Gasteiger partial charge in [-0.1, -0.05) is 6.07 Å². The highest BCUT2D eigenvalue weighted by Gasteiger charge is 2.27. The van der Waals surface area contributed by atoms with Crippen LogP contribution in [0.5, 0.6) is 0 Å². The Kier molecular flexibility index (Phi) is 3.14. The fraction of sp³-hybridized carbons (Fsp3) is 0.273. The van der Waals surface area contributed by atoms with Crippen LogP contribution in [0.2, 0.25) is 0 Å². The molecule has 16 heavy (non-hydrogen) atoms. The molecular formula is C11H10O4S. The fourth-order valence-corrected chi connectivity index (χ4v) is 2.51. The molecule has 0 aliphatic carbocycles. The average molecular weight is 238 g/mol. The number of thioether (sulfide) groups is 1. The van der Waals surface area contributed by atoms with Crippen LogP contribution in [0.1, 0.15) is 16.8 Å². The van der Waals surface area contributed by atoms with E-state index >= 15 is 0 Å². The molecule has 1 aromatic rings. The minimum absolute atomic E-state index is 0.205. The number of benzene rings is 1. The van der Waals surface area contributed by atoms with Gasteiger partial charge in [-0.05, 0) is 18.2 Å². The molecule has 4 nitrogen and oxygen atoms in total. The van der Waals surface area contributed by atoms with E-state index in [1.54, 1.807) is 18.2 Å². The van der Waals surface area contributed by atoms with Crippen molar-refractivity contribution in [1.29, 1.82) is 0 Å². The molecule has 0 aromatic heterocycles. The van der Waals surface area contributed by atoms with Crippen molar-refractivity contribution in [3.05, 3.63) is 29.8 Å². The molecule has 5 heteroatoms. The van der Waals surface area contributed by atoms with Crippen LogP contribution in [-0.4, -0.2) is 28.9 Å². The SMILES string of the molecule is O=C(O)c1cccc(SC2CCOC2=O)c1. The Bertz CT molecular complexity index is 430. The van der Waals surface area contributed by atoms with Crippen molar-refractivity contribution in [2.75, 3.05) is 6.61 Å². The zero-order chi connectivity index (χ0) is 11.5. The lowest BCUT2D eigenvalue weighted by Gasteiger charge is -2.05. The van der Waals surface area contributed by atoms with Gasteiger partial charge in [0.25, 0.3) is 0 Å². The molecule has 0 saturated carbocycles. The lowest BCUT2D eigenvalue weighted by Crippen LogP contribution is -2.09. The van der Waals surface area contributed by atoms with Crippen LogP contribution < -0.4 is 0 Å². The monoisotopic (exact) mass is 238 g/mol. The fourth-order valence-electron chi connectivity index (χ4n) is 1.45. The van der Waals surface area contributed by atoms with Crippen LogP contribution >= 0.6 is 11.8 Å². The van der Waals surface area contributed by atoms with E-state index in [2.05, 4.69) is 0 Å². The molecule has 1 atom stereocenters. The largest absolute Gasteiger partial charge is 0.478 e. The standard InChI is InChI=1S/C11H10O4S/c12-10(13)7-2-1-3-8(6-7)16-9-4-5-15-11(9)14/h1-3,6,9H,4-5H2,(H,12,13). The van der Waals surface area contributed by atoms with Crippen LogP contribution in [0, 0.1) is 0 Å². The maximum absolute atomic E-state index is 11.2. The average Bonchev–Trinajstić information content (AvgIpc) is 2.65. The van der Waals surface area contributed by atoms with Gasteiger partial charge in [0.1, 0.15) is 5.25 Å². The number of carbonyl (C=O) groups excluding carboxylic acids is 1. The van der Waals surface area contributed by atoms with Gasteiger partial charge in [0.15, 0.2) is 0 Å². The van der Waals surface area contributed by atoms with E-state index in [-0.39, 0.29) is 16.8 Å². The second-order valence-corrected chi connectivity index (χ2v) is 4.67. The number of ether oxygens (including phenoxy) is 1.